The predicted molar refractivity (Wildman–Crippen MR) is 90.6 cm³/mol. The number of hydrogen-bond donors (Lipinski definition) is 1. The SMILES string of the molecule is CN(C)c1ccc(P(=O)(O)c2ccc(N(C)C)cc2)cc1. The van der Waals surface area contributed by atoms with Crippen molar-refractivity contribution in [3.63, 3.8) is 0 Å². The Morgan fingerprint density at radius 2 is 1.00 bits per heavy atom. The lowest BCUT2D eigenvalue weighted by molar-refractivity contribution is 0.501. The topological polar surface area (TPSA) is 43.8 Å². The van der Waals surface area contributed by atoms with Gasteiger partial charge in [0, 0.05) is 50.2 Å². The molecular formula is C16H21N2O2P. The van der Waals surface area contributed by atoms with Gasteiger partial charge in [0.05, 0.1) is 0 Å². The van der Waals surface area contributed by atoms with Gasteiger partial charge >= 0.3 is 0 Å². The molecule has 0 spiro atoms. The first-order valence-electron chi connectivity index (χ1n) is 6.71. The quantitative estimate of drug-likeness (QED) is 0.878. The van der Waals surface area contributed by atoms with Crippen LogP contribution in [0, 0.1) is 0 Å². The highest BCUT2D eigenvalue weighted by Crippen LogP contribution is 2.38. The van der Waals surface area contributed by atoms with E-state index in [4.69, 9.17) is 0 Å². The van der Waals surface area contributed by atoms with Gasteiger partial charge in [-0.1, -0.05) is 0 Å². The Bertz CT molecular complexity index is 593. The second kappa shape index (κ2) is 5.92. The maximum atomic E-state index is 12.7. The van der Waals surface area contributed by atoms with Gasteiger partial charge in [-0.2, -0.15) is 0 Å². The Balaban J connectivity index is 2.34. The lowest BCUT2D eigenvalue weighted by Gasteiger charge is -2.17. The highest BCUT2D eigenvalue weighted by molar-refractivity contribution is 7.73. The molecule has 21 heavy (non-hydrogen) atoms. The molecule has 0 atom stereocenters. The van der Waals surface area contributed by atoms with Gasteiger partial charge in [0.1, 0.15) is 0 Å². The Hall–Kier alpha value is -1.77. The standard InChI is InChI=1S/C16H21N2O2P/c1-17(2)13-5-9-15(10-6-13)21(19,20)16-11-7-14(8-12-16)18(3)4/h5-12H,1-4H3,(H,19,20). The molecular weight excluding hydrogens is 283 g/mol. The monoisotopic (exact) mass is 304 g/mol. The van der Waals surface area contributed by atoms with Crippen LogP contribution < -0.4 is 20.4 Å². The van der Waals surface area contributed by atoms with Crippen LogP contribution >= 0.6 is 7.37 Å². The van der Waals surface area contributed by atoms with Crippen molar-refractivity contribution in [3.05, 3.63) is 48.5 Å². The molecule has 2 aromatic rings. The van der Waals surface area contributed by atoms with Crippen LogP contribution in [0.5, 0.6) is 0 Å². The average molecular weight is 304 g/mol. The number of benzene rings is 2. The van der Waals surface area contributed by atoms with Gasteiger partial charge in [-0.05, 0) is 48.5 Å². The van der Waals surface area contributed by atoms with E-state index in [-0.39, 0.29) is 0 Å². The molecule has 0 amide bonds. The molecule has 112 valence electrons. The molecule has 0 saturated carbocycles. The van der Waals surface area contributed by atoms with Crippen molar-refractivity contribution >= 4 is 29.4 Å². The third-order valence-electron chi connectivity index (χ3n) is 3.43. The summed E-state index contributed by atoms with van der Waals surface area (Å²) in [5.74, 6) is 0. The lowest BCUT2D eigenvalue weighted by atomic mass is 10.3. The first-order valence-corrected chi connectivity index (χ1v) is 8.37. The maximum Gasteiger partial charge on any atom is 0.258 e. The minimum absolute atomic E-state index is 0.450. The summed E-state index contributed by atoms with van der Waals surface area (Å²) in [7, 11) is 4.22. The molecule has 0 radical (unpaired) electrons. The van der Waals surface area contributed by atoms with Gasteiger partial charge in [-0.3, -0.25) is 4.57 Å². The predicted octanol–water partition coefficient (Wildman–Crippen LogP) is 2.04. The largest absolute Gasteiger partial charge is 0.378 e. The number of rotatable bonds is 4. The first-order chi connectivity index (χ1) is 9.82. The third-order valence-corrected chi connectivity index (χ3v) is 5.43. The van der Waals surface area contributed by atoms with Crippen LogP contribution in [0.3, 0.4) is 0 Å². The van der Waals surface area contributed by atoms with Crippen molar-refractivity contribution in [1.29, 1.82) is 0 Å². The summed E-state index contributed by atoms with van der Waals surface area (Å²) in [6, 6.07) is 14.3. The zero-order valence-electron chi connectivity index (χ0n) is 12.8. The zero-order valence-corrected chi connectivity index (χ0v) is 13.7. The van der Waals surface area contributed by atoms with E-state index in [1.54, 1.807) is 24.3 Å². The Kier molecular flexibility index (Phi) is 4.40. The summed E-state index contributed by atoms with van der Waals surface area (Å²) in [6.07, 6.45) is 0. The molecule has 4 nitrogen and oxygen atoms in total. The Labute approximate surface area is 126 Å². The summed E-state index contributed by atoms with van der Waals surface area (Å²) in [6.45, 7) is 0. The molecule has 0 aliphatic rings. The minimum Gasteiger partial charge on any atom is -0.378 e. The molecule has 0 aliphatic carbocycles. The van der Waals surface area contributed by atoms with E-state index >= 15 is 0 Å². The highest BCUT2D eigenvalue weighted by atomic mass is 31.2. The second-order valence-corrected chi connectivity index (χ2v) is 7.58. The van der Waals surface area contributed by atoms with Crippen LogP contribution in [-0.2, 0) is 4.57 Å². The molecule has 0 aromatic heterocycles. The van der Waals surface area contributed by atoms with Gasteiger partial charge in [0.15, 0.2) is 0 Å². The fraction of sp³-hybridized carbons (Fsp3) is 0.250. The fourth-order valence-corrected chi connectivity index (χ4v) is 3.46. The first kappa shape index (κ1) is 15.6. The molecule has 2 aromatic carbocycles. The Morgan fingerprint density at radius 3 is 1.24 bits per heavy atom. The molecule has 5 heteroatoms. The molecule has 0 aliphatic heterocycles. The summed E-state index contributed by atoms with van der Waals surface area (Å²) in [5.41, 5.74) is 2.00. The van der Waals surface area contributed by atoms with Gasteiger partial charge < -0.3 is 14.7 Å². The minimum atomic E-state index is -3.53. The fourth-order valence-electron chi connectivity index (χ4n) is 2.05. The van der Waals surface area contributed by atoms with Crippen LogP contribution in [0.1, 0.15) is 0 Å². The van der Waals surface area contributed by atoms with E-state index in [1.165, 1.54) is 0 Å². The van der Waals surface area contributed by atoms with E-state index in [0.29, 0.717) is 10.6 Å². The van der Waals surface area contributed by atoms with Gasteiger partial charge in [-0.25, -0.2) is 0 Å². The molecule has 1 N–H and O–H groups in total. The van der Waals surface area contributed by atoms with Crippen molar-refractivity contribution in [2.75, 3.05) is 38.0 Å². The molecule has 0 bridgehead atoms. The maximum absolute atomic E-state index is 12.7. The highest BCUT2D eigenvalue weighted by Gasteiger charge is 2.24. The Morgan fingerprint density at radius 1 is 0.714 bits per heavy atom. The van der Waals surface area contributed by atoms with Crippen LogP contribution in [0.25, 0.3) is 0 Å². The summed E-state index contributed by atoms with van der Waals surface area (Å²) in [5, 5.41) is 0.899. The lowest BCUT2D eigenvalue weighted by Crippen LogP contribution is -2.17. The van der Waals surface area contributed by atoms with Crippen molar-refractivity contribution in [1.82, 2.24) is 0 Å². The van der Waals surface area contributed by atoms with Crippen molar-refractivity contribution in [2.45, 2.75) is 0 Å². The average Bonchev–Trinajstić information content (AvgIpc) is 2.47. The van der Waals surface area contributed by atoms with Crippen molar-refractivity contribution < 1.29 is 9.46 Å². The summed E-state index contributed by atoms with van der Waals surface area (Å²) >= 11 is 0. The third kappa shape index (κ3) is 3.29. The molecule has 0 fully saturated rings. The molecule has 0 saturated heterocycles. The number of nitrogens with zero attached hydrogens (tertiary/aromatic N) is 2. The van der Waals surface area contributed by atoms with Crippen LogP contribution in [0.2, 0.25) is 0 Å². The number of anilines is 2. The van der Waals surface area contributed by atoms with Crippen LogP contribution in [0.15, 0.2) is 48.5 Å². The van der Waals surface area contributed by atoms with E-state index < -0.39 is 7.37 Å². The van der Waals surface area contributed by atoms with E-state index in [2.05, 4.69) is 0 Å². The molecule has 0 unspecified atom stereocenters. The second-order valence-electron chi connectivity index (χ2n) is 5.40. The van der Waals surface area contributed by atoms with E-state index in [0.717, 1.165) is 11.4 Å². The van der Waals surface area contributed by atoms with Gasteiger partial charge in [0.2, 0.25) is 0 Å². The normalized spacial score (nSPS) is 11.3. The van der Waals surface area contributed by atoms with Gasteiger partial charge in [0.25, 0.3) is 7.37 Å². The molecule has 2 rings (SSSR count). The van der Waals surface area contributed by atoms with E-state index in [1.807, 2.05) is 62.3 Å². The summed E-state index contributed by atoms with van der Waals surface area (Å²) < 4.78 is 12.7. The van der Waals surface area contributed by atoms with Crippen molar-refractivity contribution in [2.24, 2.45) is 0 Å². The molecule has 0 heterocycles. The smallest absolute Gasteiger partial charge is 0.258 e. The van der Waals surface area contributed by atoms with Gasteiger partial charge in [-0.15, -0.1) is 0 Å². The van der Waals surface area contributed by atoms with Crippen LogP contribution in [0.4, 0.5) is 11.4 Å². The van der Waals surface area contributed by atoms with E-state index in [9.17, 15) is 9.46 Å². The zero-order chi connectivity index (χ0) is 15.6. The van der Waals surface area contributed by atoms with Crippen LogP contribution in [-0.4, -0.2) is 33.1 Å². The van der Waals surface area contributed by atoms with Crippen molar-refractivity contribution in [3.8, 4) is 0 Å². The number of hydrogen-bond acceptors (Lipinski definition) is 3. The summed E-state index contributed by atoms with van der Waals surface area (Å²) in [4.78, 5) is 14.4.